The van der Waals surface area contributed by atoms with Crippen molar-refractivity contribution in [1.82, 2.24) is 10.2 Å². The molecule has 2 aromatic carbocycles. The molecule has 0 aromatic heterocycles. The fourth-order valence-electron chi connectivity index (χ4n) is 3.64. The van der Waals surface area contributed by atoms with E-state index >= 15 is 0 Å². The van der Waals surface area contributed by atoms with Crippen molar-refractivity contribution in [3.05, 3.63) is 77.9 Å². The fraction of sp³-hybridized carbons (Fsp3) is 0.375. The minimum absolute atomic E-state index is 0.0538. The summed E-state index contributed by atoms with van der Waals surface area (Å²) in [5, 5.41) is 3.08. The number of likely N-dealkylation sites (tertiary alicyclic amines) is 1. The van der Waals surface area contributed by atoms with E-state index in [1.54, 1.807) is 7.11 Å². The zero-order chi connectivity index (χ0) is 19.6. The van der Waals surface area contributed by atoms with Gasteiger partial charge in [0.1, 0.15) is 0 Å². The highest BCUT2D eigenvalue weighted by molar-refractivity contribution is 5.82. The third-order valence-corrected chi connectivity index (χ3v) is 5.32. The first-order valence-corrected chi connectivity index (χ1v) is 10.1. The molecule has 1 fully saturated rings. The molecule has 1 aliphatic rings. The van der Waals surface area contributed by atoms with Crippen LogP contribution in [0.3, 0.4) is 0 Å². The number of rotatable bonds is 8. The topological polar surface area (TPSA) is 41.6 Å². The third kappa shape index (κ3) is 6.04. The molecule has 1 atom stereocenters. The Bertz CT molecular complexity index is 738. The molecule has 1 heterocycles. The number of ether oxygens (including phenoxy) is 1. The molecule has 0 saturated carbocycles. The lowest BCUT2D eigenvalue weighted by Gasteiger charge is -2.31. The van der Waals surface area contributed by atoms with Crippen molar-refractivity contribution in [2.75, 3.05) is 33.3 Å². The highest BCUT2D eigenvalue weighted by Crippen LogP contribution is 2.19. The highest BCUT2D eigenvalue weighted by atomic mass is 16.5. The molecule has 1 saturated heterocycles. The smallest absolute Gasteiger partial charge is 0.253 e. The van der Waals surface area contributed by atoms with Crippen molar-refractivity contribution in [3.8, 4) is 0 Å². The van der Waals surface area contributed by atoms with E-state index in [9.17, 15) is 4.79 Å². The highest BCUT2D eigenvalue weighted by Gasteiger charge is 2.23. The lowest BCUT2D eigenvalue weighted by Crippen LogP contribution is -2.40. The van der Waals surface area contributed by atoms with Crippen molar-refractivity contribution >= 4 is 12.0 Å². The molecule has 0 radical (unpaired) electrons. The van der Waals surface area contributed by atoms with E-state index in [-0.39, 0.29) is 5.91 Å². The summed E-state index contributed by atoms with van der Waals surface area (Å²) in [5.74, 6) is 0.480. The first-order chi connectivity index (χ1) is 13.8. The maximum atomic E-state index is 12.5. The number of methoxy groups -OCH3 is 1. The Morgan fingerprint density at radius 3 is 2.39 bits per heavy atom. The molecule has 0 bridgehead atoms. The monoisotopic (exact) mass is 378 g/mol. The maximum absolute atomic E-state index is 12.5. The van der Waals surface area contributed by atoms with Crippen LogP contribution >= 0.6 is 0 Å². The Kier molecular flexibility index (Phi) is 7.82. The predicted octanol–water partition coefficient (Wildman–Crippen LogP) is 3.92. The summed E-state index contributed by atoms with van der Waals surface area (Å²) in [7, 11) is 1.58. The lowest BCUT2D eigenvalue weighted by molar-refractivity contribution is -0.131. The number of benzene rings is 2. The number of nitrogens with one attached hydrogen (secondary N) is 1. The summed E-state index contributed by atoms with van der Waals surface area (Å²) in [6.45, 7) is 3.85. The molecule has 28 heavy (non-hydrogen) atoms. The average molecular weight is 379 g/mol. The Morgan fingerprint density at radius 2 is 1.75 bits per heavy atom. The zero-order valence-electron chi connectivity index (χ0n) is 16.6. The average Bonchev–Trinajstić information content (AvgIpc) is 2.75. The van der Waals surface area contributed by atoms with Gasteiger partial charge in [-0.05, 0) is 43.0 Å². The van der Waals surface area contributed by atoms with E-state index in [0.29, 0.717) is 5.92 Å². The molecule has 0 aliphatic carbocycles. The molecule has 0 unspecified atom stereocenters. The van der Waals surface area contributed by atoms with Gasteiger partial charge in [0.05, 0.1) is 0 Å². The Balaban J connectivity index is 1.38. The van der Waals surface area contributed by atoms with E-state index in [4.69, 9.17) is 4.74 Å². The standard InChI is InChI=1S/C24H30N2O2/c1-28-23(22-12-6-3-7-13-22)24(27)25-19-21-14-17-26(18-15-21)16-8-11-20-9-4-2-5-10-20/h2-13,21,23H,14-19H2,1H3,(H,25,27)/b11-8+/t23-/m0/s1. The molecular weight excluding hydrogens is 348 g/mol. The fourth-order valence-corrected chi connectivity index (χ4v) is 3.64. The molecule has 1 aliphatic heterocycles. The summed E-state index contributed by atoms with van der Waals surface area (Å²) in [5.41, 5.74) is 2.13. The minimum atomic E-state index is -0.538. The molecule has 4 nitrogen and oxygen atoms in total. The van der Waals surface area contributed by atoms with Gasteiger partial charge in [0, 0.05) is 20.2 Å². The Morgan fingerprint density at radius 1 is 1.11 bits per heavy atom. The van der Waals surface area contributed by atoms with Gasteiger partial charge >= 0.3 is 0 Å². The normalized spacial score (nSPS) is 16.9. The van der Waals surface area contributed by atoms with Crippen LogP contribution in [-0.2, 0) is 9.53 Å². The lowest BCUT2D eigenvalue weighted by atomic mass is 9.96. The largest absolute Gasteiger partial charge is 0.367 e. The first-order valence-electron chi connectivity index (χ1n) is 10.1. The quantitative estimate of drug-likeness (QED) is 0.757. The summed E-state index contributed by atoms with van der Waals surface area (Å²) in [4.78, 5) is 15.0. The molecule has 148 valence electrons. The van der Waals surface area contributed by atoms with Crippen molar-refractivity contribution < 1.29 is 9.53 Å². The van der Waals surface area contributed by atoms with Crippen molar-refractivity contribution in [2.45, 2.75) is 18.9 Å². The van der Waals surface area contributed by atoms with Crippen LogP contribution in [-0.4, -0.2) is 44.1 Å². The molecule has 2 aromatic rings. The zero-order valence-corrected chi connectivity index (χ0v) is 16.6. The SMILES string of the molecule is CO[C@H](C(=O)NCC1CCN(C/C=C/c2ccccc2)CC1)c1ccccc1. The van der Waals surface area contributed by atoms with Crippen LogP contribution in [0.1, 0.15) is 30.1 Å². The second kappa shape index (κ2) is 10.8. The van der Waals surface area contributed by atoms with Crippen LogP contribution < -0.4 is 5.32 Å². The van der Waals surface area contributed by atoms with Gasteiger partial charge in [-0.15, -0.1) is 0 Å². The van der Waals surface area contributed by atoms with Crippen LogP contribution in [0.15, 0.2) is 66.7 Å². The molecular formula is C24H30N2O2. The summed E-state index contributed by atoms with van der Waals surface area (Å²) in [6, 6.07) is 20.0. The van der Waals surface area contributed by atoms with Crippen LogP contribution in [0.25, 0.3) is 6.08 Å². The van der Waals surface area contributed by atoms with Crippen molar-refractivity contribution in [1.29, 1.82) is 0 Å². The number of hydrogen-bond donors (Lipinski definition) is 1. The second-order valence-electron chi connectivity index (χ2n) is 7.33. The Hall–Kier alpha value is -2.43. The molecule has 3 rings (SSSR count). The molecule has 4 heteroatoms. The molecule has 1 amide bonds. The van der Waals surface area contributed by atoms with Crippen molar-refractivity contribution in [3.63, 3.8) is 0 Å². The van der Waals surface area contributed by atoms with E-state index < -0.39 is 6.10 Å². The van der Waals surface area contributed by atoms with E-state index in [2.05, 4.69) is 46.6 Å². The van der Waals surface area contributed by atoms with Gasteiger partial charge < -0.3 is 10.1 Å². The second-order valence-corrected chi connectivity index (χ2v) is 7.33. The van der Waals surface area contributed by atoms with Gasteiger partial charge in [0.25, 0.3) is 5.91 Å². The van der Waals surface area contributed by atoms with E-state index in [1.165, 1.54) is 5.56 Å². The third-order valence-electron chi connectivity index (χ3n) is 5.32. The molecule has 1 N–H and O–H groups in total. The number of amides is 1. The number of hydrogen-bond acceptors (Lipinski definition) is 3. The van der Waals surface area contributed by atoms with E-state index in [0.717, 1.165) is 44.6 Å². The van der Waals surface area contributed by atoms with Gasteiger partial charge in [-0.25, -0.2) is 0 Å². The first kappa shape index (κ1) is 20.3. The number of nitrogens with zero attached hydrogens (tertiary/aromatic N) is 1. The maximum Gasteiger partial charge on any atom is 0.253 e. The van der Waals surface area contributed by atoms with Crippen LogP contribution in [0, 0.1) is 5.92 Å². The predicted molar refractivity (Wildman–Crippen MR) is 114 cm³/mol. The van der Waals surface area contributed by atoms with Gasteiger partial charge in [-0.1, -0.05) is 72.8 Å². The van der Waals surface area contributed by atoms with Gasteiger partial charge in [-0.3, -0.25) is 9.69 Å². The van der Waals surface area contributed by atoms with Gasteiger partial charge in [-0.2, -0.15) is 0 Å². The van der Waals surface area contributed by atoms with Crippen molar-refractivity contribution in [2.24, 2.45) is 5.92 Å². The number of carbonyl (C=O) groups is 1. The van der Waals surface area contributed by atoms with E-state index in [1.807, 2.05) is 36.4 Å². The molecule has 0 spiro atoms. The number of carbonyl (C=O) groups excluding carboxylic acids is 1. The summed E-state index contributed by atoms with van der Waals surface area (Å²) in [6.07, 6.45) is 6.11. The summed E-state index contributed by atoms with van der Waals surface area (Å²) < 4.78 is 5.41. The van der Waals surface area contributed by atoms with Gasteiger partial charge in [0.2, 0.25) is 0 Å². The van der Waals surface area contributed by atoms with Crippen LogP contribution in [0.4, 0.5) is 0 Å². The Labute approximate surface area is 168 Å². The summed E-state index contributed by atoms with van der Waals surface area (Å²) >= 11 is 0. The minimum Gasteiger partial charge on any atom is -0.367 e. The van der Waals surface area contributed by atoms with Crippen LogP contribution in [0.2, 0.25) is 0 Å². The van der Waals surface area contributed by atoms with Gasteiger partial charge in [0.15, 0.2) is 6.10 Å². The number of piperidine rings is 1. The van der Waals surface area contributed by atoms with Crippen LogP contribution in [0.5, 0.6) is 0 Å².